The van der Waals surface area contributed by atoms with Crippen LogP contribution in [0.3, 0.4) is 0 Å². The largest absolute Gasteiger partial charge is 0.416 e. The SMILES string of the molecule is O=C(Nc1cc(C(F)(F)F)ccc1N1CCCC1)c1csc(C2CCN(C(=O)CCc3cccs3)CC2)n1. The van der Waals surface area contributed by atoms with E-state index in [2.05, 4.69) is 10.3 Å². The van der Waals surface area contributed by atoms with E-state index in [0.717, 1.165) is 62.3 Å². The van der Waals surface area contributed by atoms with E-state index < -0.39 is 17.6 Å². The van der Waals surface area contributed by atoms with Crippen LogP contribution in [0.2, 0.25) is 0 Å². The van der Waals surface area contributed by atoms with Gasteiger partial charge in [-0.05, 0) is 61.7 Å². The van der Waals surface area contributed by atoms with Crippen LogP contribution in [0.4, 0.5) is 24.5 Å². The number of piperidine rings is 1. The molecule has 0 saturated carbocycles. The molecule has 0 spiro atoms. The second-order valence-electron chi connectivity index (χ2n) is 9.68. The predicted molar refractivity (Wildman–Crippen MR) is 144 cm³/mol. The van der Waals surface area contributed by atoms with Crippen LogP contribution in [0, 0.1) is 0 Å². The minimum Gasteiger partial charge on any atom is -0.370 e. The van der Waals surface area contributed by atoms with Crippen molar-refractivity contribution in [2.24, 2.45) is 0 Å². The van der Waals surface area contributed by atoms with Crippen molar-refractivity contribution in [3.8, 4) is 0 Å². The Bertz CT molecular complexity index is 1260. The maximum absolute atomic E-state index is 13.4. The minimum absolute atomic E-state index is 0.149. The van der Waals surface area contributed by atoms with E-state index in [9.17, 15) is 22.8 Å². The number of hydrogen-bond acceptors (Lipinski definition) is 6. The van der Waals surface area contributed by atoms with Gasteiger partial charge in [0.25, 0.3) is 5.91 Å². The second-order valence-corrected chi connectivity index (χ2v) is 11.6. The molecule has 2 aliphatic rings. The first-order valence-electron chi connectivity index (χ1n) is 12.8. The fourth-order valence-corrected chi connectivity index (χ4v) is 6.71. The molecule has 0 bridgehead atoms. The van der Waals surface area contributed by atoms with Gasteiger partial charge in [-0.1, -0.05) is 6.07 Å². The van der Waals surface area contributed by atoms with E-state index in [1.54, 1.807) is 16.7 Å². The van der Waals surface area contributed by atoms with Gasteiger partial charge in [0.15, 0.2) is 0 Å². The van der Waals surface area contributed by atoms with Gasteiger partial charge < -0.3 is 15.1 Å². The Balaban J connectivity index is 1.21. The summed E-state index contributed by atoms with van der Waals surface area (Å²) in [5, 5.41) is 7.19. The Kier molecular flexibility index (Phi) is 8.04. The standard InChI is InChI=1S/C27H29F3N4O2S2/c28-27(29,30)19-5-7-23(33-11-1-2-12-33)21(16-19)31-25(36)22-17-38-26(32-22)18-9-13-34(14-10-18)24(35)8-6-20-4-3-15-37-20/h3-5,7,15-18H,1-2,6,8-14H2,(H,31,36). The Morgan fingerprint density at radius 1 is 1.05 bits per heavy atom. The highest BCUT2D eigenvalue weighted by molar-refractivity contribution is 7.10. The molecule has 0 unspecified atom stereocenters. The zero-order valence-electron chi connectivity index (χ0n) is 20.8. The third-order valence-electron chi connectivity index (χ3n) is 7.14. The maximum Gasteiger partial charge on any atom is 0.416 e. The van der Waals surface area contributed by atoms with Crippen LogP contribution in [0.1, 0.15) is 64.0 Å². The molecule has 1 N–H and O–H groups in total. The topological polar surface area (TPSA) is 65.5 Å². The Labute approximate surface area is 227 Å². The lowest BCUT2D eigenvalue weighted by Crippen LogP contribution is -2.38. The van der Waals surface area contributed by atoms with E-state index in [1.165, 1.54) is 22.3 Å². The molecule has 2 aromatic heterocycles. The van der Waals surface area contributed by atoms with Crippen LogP contribution in [-0.4, -0.2) is 47.9 Å². The Morgan fingerprint density at radius 2 is 1.82 bits per heavy atom. The summed E-state index contributed by atoms with van der Waals surface area (Å²) >= 11 is 3.05. The quantitative estimate of drug-likeness (QED) is 0.361. The van der Waals surface area contributed by atoms with Crippen molar-refractivity contribution in [3.63, 3.8) is 0 Å². The third kappa shape index (κ3) is 6.20. The number of benzene rings is 1. The van der Waals surface area contributed by atoms with Gasteiger partial charge in [0.05, 0.1) is 21.9 Å². The van der Waals surface area contributed by atoms with Crippen molar-refractivity contribution in [2.45, 2.75) is 50.6 Å². The van der Waals surface area contributed by atoms with Crippen molar-refractivity contribution < 1.29 is 22.8 Å². The number of aryl methyl sites for hydroxylation is 1. The van der Waals surface area contributed by atoms with Gasteiger partial charge in [-0.15, -0.1) is 22.7 Å². The van der Waals surface area contributed by atoms with Crippen molar-refractivity contribution in [1.29, 1.82) is 0 Å². The Hall–Kier alpha value is -2.92. The van der Waals surface area contributed by atoms with E-state index >= 15 is 0 Å². The maximum atomic E-state index is 13.4. The van der Waals surface area contributed by atoms with Gasteiger partial charge in [0, 0.05) is 48.8 Å². The zero-order valence-corrected chi connectivity index (χ0v) is 22.4. The summed E-state index contributed by atoms with van der Waals surface area (Å²) in [5.74, 6) is -0.212. The highest BCUT2D eigenvalue weighted by Gasteiger charge is 2.32. The third-order valence-corrected chi connectivity index (χ3v) is 9.08. The predicted octanol–water partition coefficient (Wildman–Crippen LogP) is 6.41. The highest BCUT2D eigenvalue weighted by Crippen LogP contribution is 2.37. The normalized spacial score (nSPS) is 16.7. The molecule has 2 saturated heterocycles. The molecule has 2 amide bonds. The summed E-state index contributed by atoms with van der Waals surface area (Å²) in [6.45, 7) is 2.78. The fourth-order valence-electron chi connectivity index (χ4n) is 5.03. The molecule has 2 fully saturated rings. The summed E-state index contributed by atoms with van der Waals surface area (Å²) in [4.78, 5) is 35.3. The number of nitrogens with one attached hydrogen (secondary N) is 1. The summed E-state index contributed by atoms with van der Waals surface area (Å²) in [6, 6.07) is 7.53. The van der Waals surface area contributed by atoms with Crippen molar-refractivity contribution in [3.05, 3.63) is 62.2 Å². The van der Waals surface area contributed by atoms with Crippen LogP contribution in [-0.2, 0) is 17.4 Å². The first-order chi connectivity index (χ1) is 18.3. The number of hydrogen-bond donors (Lipinski definition) is 1. The number of halogens is 3. The van der Waals surface area contributed by atoms with E-state index in [0.29, 0.717) is 25.2 Å². The van der Waals surface area contributed by atoms with E-state index in [-0.39, 0.29) is 23.2 Å². The zero-order chi connectivity index (χ0) is 26.7. The van der Waals surface area contributed by atoms with Gasteiger partial charge in [0.2, 0.25) is 5.91 Å². The van der Waals surface area contributed by atoms with Gasteiger partial charge >= 0.3 is 6.18 Å². The van der Waals surface area contributed by atoms with Crippen molar-refractivity contribution >= 4 is 45.9 Å². The fraction of sp³-hybridized carbons (Fsp3) is 0.444. The summed E-state index contributed by atoms with van der Waals surface area (Å²) in [7, 11) is 0. The molecule has 0 aliphatic carbocycles. The lowest BCUT2D eigenvalue weighted by Gasteiger charge is -2.31. The van der Waals surface area contributed by atoms with Crippen LogP contribution < -0.4 is 10.2 Å². The molecule has 3 aromatic rings. The van der Waals surface area contributed by atoms with Crippen LogP contribution in [0.25, 0.3) is 0 Å². The van der Waals surface area contributed by atoms with Crippen LogP contribution in [0.15, 0.2) is 41.1 Å². The van der Waals surface area contributed by atoms with Gasteiger partial charge in [-0.2, -0.15) is 13.2 Å². The summed E-state index contributed by atoms with van der Waals surface area (Å²) in [5.41, 5.74) is 0.140. The van der Waals surface area contributed by atoms with E-state index in [4.69, 9.17) is 0 Å². The van der Waals surface area contributed by atoms with Crippen LogP contribution >= 0.6 is 22.7 Å². The second kappa shape index (κ2) is 11.4. The molecule has 11 heteroatoms. The molecular formula is C27H29F3N4O2S2. The van der Waals surface area contributed by atoms with E-state index in [1.807, 2.05) is 27.3 Å². The number of carbonyl (C=O) groups excluding carboxylic acids is 2. The number of alkyl halides is 3. The number of nitrogens with zero attached hydrogens (tertiary/aromatic N) is 3. The average Bonchev–Trinajstić information content (AvgIpc) is 3.69. The summed E-state index contributed by atoms with van der Waals surface area (Å²) < 4.78 is 40.1. The number of amides is 2. The molecule has 4 heterocycles. The smallest absolute Gasteiger partial charge is 0.370 e. The molecule has 0 atom stereocenters. The molecule has 6 nitrogen and oxygen atoms in total. The Morgan fingerprint density at radius 3 is 2.50 bits per heavy atom. The summed E-state index contributed by atoms with van der Waals surface area (Å²) in [6.07, 6.45) is 0.218. The lowest BCUT2D eigenvalue weighted by atomic mass is 9.97. The number of thiazole rings is 1. The first kappa shape index (κ1) is 26.7. The molecular weight excluding hydrogens is 533 g/mol. The molecule has 5 rings (SSSR count). The van der Waals surface area contributed by atoms with Crippen molar-refractivity contribution in [2.75, 3.05) is 36.4 Å². The lowest BCUT2D eigenvalue weighted by molar-refractivity contribution is -0.137. The number of rotatable bonds is 7. The number of thiophene rings is 1. The molecule has 2 aliphatic heterocycles. The van der Waals surface area contributed by atoms with Gasteiger partial charge in [0.1, 0.15) is 5.69 Å². The first-order valence-corrected chi connectivity index (χ1v) is 14.6. The number of carbonyl (C=O) groups is 2. The monoisotopic (exact) mass is 562 g/mol. The highest BCUT2D eigenvalue weighted by atomic mass is 32.1. The number of aromatic nitrogens is 1. The average molecular weight is 563 g/mol. The van der Waals surface area contributed by atoms with Gasteiger partial charge in [-0.3, -0.25) is 9.59 Å². The number of likely N-dealkylation sites (tertiary alicyclic amines) is 1. The van der Waals surface area contributed by atoms with Crippen molar-refractivity contribution in [1.82, 2.24) is 9.88 Å². The van der Waals surface area contributed by atoms with Crippen LogP contribution in [0.5, 0.6) is 0 Å². The molecule has 38 heavy (non-hydrogen) atoms. The number of anilines is 2. The van der Waals surface area contributed by atoms with Gasteiger partial charge in [-0.25, -0.2) is 4.98 Å². The minimum atomic E-state index is -4.50. The molecule has 0 radical (unpaired) electrons. The molecule has 202 valence electrons. The molecule has 1 aromatic carbocycles.